The molecular weight excluding hydrogens is 194 g/mol. The van der Waals surface area contributed by atoms with E-state index in [2.05, 4.69) is 4.95 Å². The number of hydrogen-bond acceptors (Lipinski definition) is 3. The van der Waals surface area contributed by atoms with Gasteiger partial charge in [-0.3, -0.25) is 0 Å². The van der Waals surface area contributed by atoms with Crippen LogP contribution >= 0.6 is 0 Å². The average molecular weight is 211 g/mol. The van der Waals surface area contributed by atoms with Crippen LogP contribution in [0, 0.1) is 6.57 Å². The van der Waals surface area contributed by atoms with E-state index in [0.29, 0.717) is 26.2 Å². The molecular formula is C10H17N3O2. The second kappa shape index (κ2) is 4.39. The minimum Gasteiger partial charge on any atom is -0.444 e. The molecule has 0 N–H and O–H groups in total. The van der Waals surface area contributed by atoms with E-state index >= 15 is 0 Å². The third kappa shape index (κ3) is 3.66. The molecule has 0 radical (unpaired) electrons. The van der Waals surface area contributed by atoms with Gasteiger partial charge in [-0.05, 0) is 20.8 Å². The summed E-state index contributed by atoms with van der Waals surface area (Å²) in [7, 11) is 0. The average Bonchev–Trinajstić information content (AvgIpc) is 2.15. The molecule has 1 amide bonds. The molecule has 1 aliphatic heterocycles. The highest BCUT2D eigenvalue weighted by Crippen LogP contribution is 2.11. The zero-order valence-electron chi connectivity index (χ0n) is 9.49. The third-order valence-corrected chi connectivity index (χ3v) is 2.05. The lowest BCUT2D eigenvalue weighted by atomic mass is 10.2. The zero-order valence-corrected chi connectivity index (χ0v) is 9.49. The Morgan fingerprint density at radius 3 is 2.20 bits per heavy atom. The van der Waals surface area contributed by atoms with Crippen molar-refractivity contribution in [1.82, 2.24) is 9.91 Å². The van der Waals surface area contributed by atoms with Gasteiger partial charge in [0, 0.05) is 13.1 Å². The van der Waals surface area contributed by atoms with Gasteiger partial charge in [-0.25, -0.2) is 4.79 Å². The van der Waals surface area contributed by atoms with Crippen LogP contribution in [0.25, 0.3) is 4.95 Å². The van der Waals surface area contributed by atoms with Crippen molar-refractivity contribution >= 4 is 6.09 Å². The topological polar surface area (TPSA) is 37.1 Å². The SMILES string of the molecule is [C-]#[N+]N1CCN(C(=O)OC(C)(C)C)CC1. The molecule has 15 heavy (non-hydrogen) atoms. The molecule has 1 fully saturated rings. The summed E-state index contributed by atoms with van der Waals surface area (Å²) in [5.74, 6) is 0. The second-order valence-corrected chi connectivity index (χ2v) is 4.52. The normalized spacial score (nSPS) is 17.2. The van der Waals surface area contributed by atoms with Gasteiger partial charge in [0.05, 0.1) is 0 Å². The first kappa shape index (κ1) is 11.6. The first-order chi connectivity index (χ1) is 6.92. The monoisotopic (exact) mass is 211 g/mol. The van der Waals surface area contributed by atoms with Gasteiger partial charge >= 0.3 is 6.09 Å². The molecule has 0 unspecified atom stereocenters. The van der Waals surface area contributed by atoms with E-state index in [4.69, 9.17) is 11.3 Å². The van der Waals surface area contributed by atoms with Gasteiger partial charge in [0.25, 0.3) is 0 Å². The van der Waals surface area contributed by atoms with Crippen molar-refractivity contribution < 1.29 is 9.53 Å². The minimum atomic E-state index is -0.450. The molecule has 0 aliphatic carbocycles. The third-order valence-electron chi connectivity index (χ3n) is 2.05. The van der Waals surface area contributed by atoms with Crippen molar-refractivity contribution in [3.05, 3.63) is 11.5 Å². The van der Waals surface area contributed by atoms with Crippen LogP contribution in [0.5, 0.6) is 0 Å². The summed E-state index contributed by atoms with van der Waals surface area (Å²) in [4.78, 5) is 16.6. The molecule has 84 valence electrons. The maximum atomic E-state index is 11.6. The summed E-state index contributed by atoms with van der Waals surface area (Å²) in [6.45, 7) is 14.7. The first-order valence-corrected chi connectivity index (χ1v) is 5.02. The standard InChI is InChI=1S/C10H17N3O2/c1-10(2,3)15-9(14)12-5-7-13(11-4)8-6-12/h5-8H2,1-3H3. The van der Waals surface area contributed by atoms with Gasteiger partial charge in [0.15, 0.2) is 0 Å². The Bertz CT molecular complexity index is 269. The molecule has 0 atom stereocenters. The number of hydrogen-bond donors (Lipinski definition) is 0. The van der Waals surface area contributed by atoms with E-state index in [1.807, 2.05) is 20.8 Å². The van der Waals surface area contributed by atoms with Gasteiger partial charge in [0.1, 0.15) is 18.7 Å². The minimum absolute atomic E-state index is 0.285. The van der Waals surface area contributed by atoms with Gasteiger partial charge in [-0.1, -0.05) is 0 Å². The summed E-state index contributed by atoms with van der Waals surface area (Å²) in [6, 6.07) is 0. The summed E-state index contributed by atoms with van der Waals surface area (Å²) in [6.07, 6.45) is -0.285. The fraction of sp³-hybridized carbons (Fsp3) is 0.800. The lowest BCUT2D eigenvalue weighted by Gasteiger charge is -2.30. The van der Waals surface area contributed by atoms with Crippen molar-refractivity contribution in [2.75, 3.05) is 26.2 Å². The zero-order chi connectivity index (χ0) is 11.5. The Kier molecular flexibility index (Phi) is 3.40. The molecule has 5 nitrogen and oxygen atoms in total. The Labute approximate surface area is 90.4 Å². The van der Waals surface area contributed by atoms with E-state index < -0.39 is 5.60 Å². The molecule has 0 bridgehead atoms. The van der Waals surface area contributed by atoms with Gasteiger partial charge in [0.2, 0.25) is 0 Å². The van der Waals surface area contributed by atoms with Crippen LogP contribution in [-0.4, -0.2) is 47.8 Å². The predicted octanol–water partition coefficient (Wildman–Crippen LogP) is 1.37. The van der Waals surface area contributed by atoms with Crippen LogP contribution < -0.4 is 0 Å². The van der Waals surface area contributed by atoms with Crippen LogP contribution in [0.4, 0.5) is 4.79 Å². The number of amides is 1. The van der Waals surface area contributed by atoms with Crippen LogP contribution in [0.1, 0.15) is 20.8 Å². The maximum Gasteiger partial charge on any atom is 0.410 e. The quantitative estimate of drug-likeness (QED) is 0.568. The number of piperazine rings is 1. The summed E-state index contributed by atoms with van der Waals surface area (Å²) in [5.41, 5.74) is -0.450. The molecule has 0 spiro atoms. The highest BCUT2D eigenvalue weighted by atomic mass is 16.6. The van der Waals surface area contributed by atoms with E-state index in [0.717, 1.165) is 0 Å². The highest BCUT2D eigenvalue weighted by Gasteiger charge is 2.26. The van der Waals surface area contributed by atoms with Crippen LogP contribution in [0.3, 0.4) is 0 Å². The fourth-order valence-corrected chi connectivity index (χ4v) is 1.30. The van der Waals surface area contributed by atoms with Crippen LogP contribution in [0.15, 0.2) is 0 Å². The number of rotatable bonds is 0. The van der Waals surface area contributed by atoms with Gasteiger partial charge in [-0.2, -0.15) is 11.5 Å². The van der Waals surface area contributed by atoms with E-state index in [1.54, 1.807) is 9.91 Å². The fourth-order valence-electron chi connectivity index (χ4n) is 1.30. The molecule has 1 saturated heterocycles. The molecule has 0 saturated carbocycles. The lowest BCUT2D eigenvalue weighted by molar-refractivity contribution is 0.0175. The van der Waals surface area contributed by atoms with Gasteiger partial charge in [-0.15, -0.1) is 5.01 Å². The largest absolute Gasteiger partial charge is 0.444 e. The molecule has 1 aliphatic rings. The van der Waals surface area contributed by atoms with Gasteiger partial charge < -0.3 is 9.64 Å². The Hall–Kier alpha value is -1.44. The maximum absolute atomic E-state index is 11.6. The predicted molar refractivity (Wildman–Crippen MR) is 56.0 cm³/mol. The van der Waals surface area contributed by atoms with E-state index in [1.165, 1.54) is 0 Å². The molecule has 0 aromatic heterocycles. The van der Waals surface area contributed by atoms with Crippen LogP contribution in [-0.2, 0) is 4.74 Å². The first-order valence-electron chi connectivity index (χ1n) is 5.02. The molecule has 1 rings (SSSR count). The van der Waals surface area contributed by atoms with Crippen molar-refractivity contribution in [3.63, 3.8) is 0 Å². The van der Waals surface area contributed by atoms with E-state index in [9.17, 15) is 4.79 Å². The number of nitrogens with zero attached hydrogens (tertiary/aromatic N) is 3. The van der Waals surface area contributed by atoms with Crippen LogP contribution in [0.2, 0.25) is 0 Å². The second-order valence-electron chi connectivity index (χ2n) is 4.52. The molecule has 0 aromatic rings. The highest BCUT2D eigenvalue weighted by molar-refractivity contribution is 5.68. The summed E-state index contributed by atoms with van der Waals surface area (Å²) < 4.78 is 5.24. The Morgan fingerprint density at radius 1 is 1.27 bits per heavy atom. The molecule has 5 heteroatoms. The summed E-state index contributed by atoms with van der Waals surface area (Å²) >= 11 is 0. The van der Waals surface area contributed by atoms with E-state index in [-0.39, 0.29) is 6.09 Å². The van der Waals surface area contributed by atoms with Crippen molar-refractivity contribution in [1.29, 1.82) is 0 Å². The van der Waals surface area contributed by atoms with Crippen molar-refractivity contribution in [2.24, 2.45) is 0 Å². The lowest BCUT2D eigenvalue weighted by Crippen LogP contribution is -2.47. The van der Waals surface area contributed by atoms with Crippen molar-refractivity contribution in [3.8, 4) is 0 Å². The molecule has 0 aromatic carbocycles. The smallest absolute Gasteiger partial charge is 0.410 e. The van der Waals surface area contributed by atoms with Crippen molar-refractivity contribution in [2.45, 2.75) is 26.4 Å². The number of carbonyl (C=O) groups excluding carboxylic acids is 1. The Morgan fingerprint density at radius 2 is 1.80 bits per heavy atom. The summed E-state index contributed by atoms with van der Waals surface area (Å²) in [5, 5.41) is 1.63. The molecule has 1 heterocycles. The number of ether oxygens (including phenoxy) is 1. The number of carbonyl (C=O) groups is 1. The Balaban J connectivity index is 2.41.